The van der Waals surface area contributed by atoms with Gasteiger partial charge in [0.05, 0.1) is 13.5 Å². The summed E-state index contributed by atoms with van der Waals surface area (Å²) in [7, 11) is 3.58. The Morgan fingerprint density at radius 2 is 2.19 bits per heavy atom. The molecule has 0 N–H and O–H groups in total. The normalized spacial score (nSPS) is 28.8. The van der Waals surface area contributed by atoms with Crippen molar-refractivity contribution in [3.63, 3.8) is 0 Å². The van der Waals surface area contributed by atoms with Gasteiger partial charge in [0.15, 0.2) is 0 Å². The highest BCUT2D eigenvalue weighted by atomic mass is 16.5. The summed E-state index contributed by atoms with van der Waals surface area (Å²) in [5.41, 5.74) is 0. The van der Waals surface area contributed by atoms with Gasteiger partial charge in [0.2, 0.25) is 0 Å². The van der Waals surface area contributed by atoms with Crippen LogP contribution in [0.2, 0.25) is 0 Å². The van der Waals surface area contributed by atoms with Crippen LogP contribution in [-0.2, 0) is 9.53 Å². The molecule has 1 heterocycles. The van der Waals surface area contributed by atoms with E-state index < -0.39 is 0 Å². The zero-order valence-electron chi connectivity index (χ0n) is 10.9. The number of hydrogen-bond acceptors (Lipinski definition) is 4. The van der Waals surface area contributed by atoms with Gasteiger partial charge in [-0.3, -0.25) is 9.69 Å². The smallest absolute Gasteiger partial charge is 0.307 e. The maximum atomic E-state index is 11.4. The molecule has 2 unspecified atom stereocenters. The third-order valence-electron chi connectivity index (χ3n) is 3.48. The minimum Gasteiger partial charge on any atom is -0.469 e. The Labute approximate surface area is 98.5 Å². The summed E-state index contributed by atoms with van der Waals surface area (Å²) >= 11 is 0. The molecular formula is C12H24N2O2. The van der Waals surface area contributed by atoms with Gasteiger partial charge in [-0.05, 0) is 33.5 Å². The molecule has 94 valence electrons. The summed E-state index contributed by atoms with van der Waals surface area (Å²) in [6.07, 6.45) is 1.67. The second-order valence-electron chi connectivity index (χ2n) is 4.66. The standard InChI is InChI=1S/C12H24N2O2/c1-5-14-10(2)6-7-13(3)9-11(14)8-12(15)16-4/h10-11H,5-9H2,1-4H3. The van der Waals surface area contributed by atoms with Crippen molar-refractivity contribution in [1.82, 2.24) is 9.80 Å². The van der Waals surface area contributed by atoms with Gasteiger partial charge in [0, 0.05) is 18.6 Å². The van der Waals surface area contributed by atoms with E-state index in [1.165, 1.54) is 13.5 Å². The second kappa shape index (κ2) is 6.21. The van der Waals surface area contributed by atoms with Crippen molar-refractivity contribution in [2.24, 2.45) is 0 Å². The number of carbonyl (C=O) groups excluding carboxylic acids is 1. The Morgan fingerprint density at radius 3 is 2.75 bits per heavy atom. The first-order valence-electron chi connectivity index (χ1n) is 6.09. The van der Waals surface area contributed by atoms with E-state index >= 15 is 0 Å². The van der Waals surface area contributed by atoms with E-state index in [9.17, 15) is 4.79 Å². The fraction of sp³-hybridized carbons (Fsp3) is 0.917. The maximum absolute atomic E-state index is 11.4. The molecule has 1 saturated heterocycles. The predicted molar refractivity (Wildman–Crippen MR) is 64.4 cm³/mol. The molecule has 0 aliphatic carbocycles. The third kappa shape index (κ3) is 3.46. The van der Waals surface area contributed by atoms with Gasteiger partial charge in [0.1, 0.15) is 0 Å². The summed E-state index contributed by atoms with van der Waals surface area (Å²) < 4.78 is 4.77. The molecule has 16 heavy (non-hydrogen) atoms. The van der Waals surface area contributed by atoms with Gasteiger partial charge < -0.3 is 9.64 Å². The van der Waals surface area contributed by atoms with Crippen molar-refractivity contribution in [2.45, 2.75) is 38.8 Å². The second-order valence-corrected chi connectivity index (χ2v) is 4.66. The van der Waals surface area contributed by atoms with Crippen LogP contribution in [-0.4, -0.2) is 61.6 Å². The largest absolute Gasteiger partial charge is 0.469 e. The Hall–Kier alpha value is -0.610. The molecule has 0 radical (unpaired) electrons. The highest BCUT2D eigenvalue weighted by Gasteiger charge is 2.28. The molecule has 1 fully saturated rings. The van der Waals surface area contributed by atoms with Crippen LogP contribution in [0.25, 0.3) is 0 Å². The van der Waals surface area contributed by atoms with Crippen molar-refractivity contribution in [2.75, 3.05) is 33.8 Å². The maximum Gasteiger partial charge on any atom is 0.307 e. The molecular weight excluding hydrogens is 204 g/mol. The fourth-order valence-corrected chi connectivity index (χ4v) is 2.52. The van der Waals surface area contributed by atoms with Crippen LogP contribution in [0.4, 0.5) is 0 Å². The molecule has 2 atom stereocenters. The number of carbonyl (C=O) groups is 1. The fourth-order valence-electron chi connectivity index (χ4n) is 2.52. The zero-order chi connectivity index (χ0) is 12.1. The SMILES string of the molecule is CCN1C(C)CCN(C)CC1CC(=O)OC. The van der Waals surface area contributed by atoms with Crippen molar-refractivity contribution in [3.8, 4) is 0 Å². The average Bonchev–Trinajstić information content (AvgIpc) is 2.38. The summed E-state index contributed by atoms with van der Waals surface area (Å²) in [5.74, 6) is -0.106. The molecule has 1 aliphatic rings. The van der Waals surface area contributed by atoms with E-state index in [1.807, 2.05) is 0 Å². The van der Waals surface area contributed by atoms with Crippen LogP contribution in [0.15, 0.2) is 0 Å². The molecule has 0 bridgehead atoms. The summed E-state index contributed by atoms with van der Waals surface area (Å²) in [6, 6.07) is 0.838. The first-order chi connectivity index (χ1) is 7.58. The van der Waals surface area contributed by atoms with Gasteiger partial charge in [-0.2, -0.15) is 0 Å². The Kier molecular flexibility index (Phi) is 5.22. The number of esters is 1. The van der Waals surface area contributed by atoms with Gasteiger partial charge in [-0.15, -0.1) is 0 Å². The summed E-state index contributed by atoms with van der Waals surface area (Å²) in [6.45, 7) is 7.46. The number of hydrogen-bond donors (Lipinski definition) is 0. The zero-order valence-corrected chi connectivity index (χ0v) is 10.9. The summed E-state index contributed by atoms with van der Waals surface area (Å²) in [4.78, 5) is 16.1. The van der Waals surface area contributed by atoms with Crippen molar-refractivity contribution in [3.05, 3.63) is 0 Å². The van der Waals surface area contributed by atoms with Gasteiger partial charge in [-0.1, -0.05) is 6.92 Å². The first kappa shape index (κ1) is 13.5. The monoisotopic (exact) mass is 228 g/mol. The van der Waals surface area contributed by atoms with Crippen LogP contribution >= 0.6 is 0 Å². The minimum atomic E-state index is -0.106. The van der Waals surface area contributed by atoms with Crippen LogP contribution in [0.3, 0.4) is 0 Å². The number of ether oxygens (including phenoxy) is 1. The van der Waals surface area contributed by atoms with Gasteiger partial charge in [0.25, 0.3) is 0 Å². The van der Waals surface area contributed by atoms with E-state index in [2.05, 4.69) is 30.7 Å². The Morgan fingerprint density at radius 1 is 1.50 bits per heavy atom. The van der Waals surface area contributed by atoms with Crippen molar-refractivity contribution >= 4 is 5.97 Å². The van der Waals surface area contributed by atoms with Gasteiger partial charge >= 0.3 is 5.97 Å². The molecule has 1 aliphatic heterocycles. The Bertz CT molecular complexity index is 233. The molecule has 0 amide bonds. The van der Waals surface area contributed by atoms with E-state index in [4.69, 9.17) is 4.74 Å². The molecule has 4 nitrogen and oxygen atoms in total. The molecule has 0 spiro atoms. The first-order valence-corrected chi connectivity index (χ1v) is 6.09. The third-order valence-corrected chi connectivity index (χ3v) is 3.48. The lowest BCUT2D eigenvalue weighted by atomic mass is 10.1. The number of rotatable bonds is 3. The highest BCUT2D eigenvalue weighted by molar-refractivity contribution is 5.69. The van der Waals surface area contributed by atoms with Crippen LogP contribution in [0, 0.1) is 0 Å². The van der Waals surface area contributed by atoms with E-state index in [-0.39, 0.29) is 5.97 Å². The minimum absolute atomic E-state index is 0.106. The summed E-state index contributed by atoms with van der Waals surface area (Å²) in [5, 5.41) is 0. The lowest BCUT2D eigenvalue weighted by Crippen LogP contribution is -2.45. The average molecular weight is 228 g/mol. The van der Waals surface area contributed by atoms with Crippen molar-refractivity contribution in [1.29, 1.82) is 0 Å². The number of nitrogens with zero attached hydrogens (tertiary/aromatic N) is 2. The lowest BCUT2D eigenvalue weighted by Gasteiger charge is -2.33. The number of methoxy groups -OCH3 is 1. The van der Waals surface area contributed by atoms with Gasteiger partial charge in [-0.25, -0.2) is 0 Å². The lowest BCUT2D eigenvalue weighted by molar-refractivity contribution is -0.142. The predicted octanol–water partition coefficient (Wildman–Crippen LogP) is 0.964. The quantitative estimate of drug-likeness (QED) is 0.674. The van der Waals surface area contributed by atoms with E-state index in [1.54, 1.807) is 0 Å². The van der Waals surface area contributed by atoms with E-state index in [0.29, 0.717) is 18.5 Å². The van der Waals surface area contributed by atoms with Crippen LogP contribution in [0.1, 0.15) is 26.7 Å². The Balaban J connectivity index is 2.69. The molecule has 0 aromatic heterocycles. The molecule has 0 aromatic carbocycles. The number of likely N-dealkylation sites (N-methyl/N-ethyl adjacent to an activating group) is 2. The highest BCUT2D eigenvalue weighted by Crippen LogP contribution is 2.17. The molecule has 4 heteroatoms. The molecule has 1 rings (SSSR count). The van der Waals surface area contributed by atoms with Crippen LogP contribution < -0.4 is 0 Å². The topological polar surface area (TPSA) is 32.8 Å². The van der Waals surface area contributed by atoms with Crippen LogP contribution in [0.5, 0.6) is 0 Å². The molecule has 0 saturated carbocycles. The van der Waals surface area contributed by atoms with Crippen molar-refractivity contribution < 1.29 is 9.53 Å². The molecule has 0 aromatic rings. The van der Waals surface area contributed by atoms with E-state index in [0.717, 1.165) is 19.6 Å².